The summed E-state index contributed by atoms with van der Waals surface area (Å²) in [5.74, 6) is 0. The van der Waals surface area contributed by atoms with Crippen molar-refractivity contribution in [2.75, 3.05) is 6.54 Å². The predicted octanol–water partition coefficient (Wildman–Crippen LogP) is 3.25. The molecule has 0 aromatic rings. The molecule has 0 aromatic carbocycles. The fourth-order valence-corrected chi connectivity index (χ4v) is 2.20. The molecule has 0 aliphatic heterocycles. The molecule has 0 spiro atoms. The van der Waals surface area contributed by atoms with E-state index in [1.807, 2.05) is 11.8 Å². The SMILES string of the molecule is CCN(C(=O)S)C1/C=C/CCCCC1. The highest BCUT2D eigenvalue weighted by Gasteiger charge is 2.17. The van der Waals surface area contributed by atoms with E-state index in [0.29, 0.717) is 0 Å². The van der Waals surface area contributed by atoms with Crippen molar-refractivity contribution in [3.8, 4) is 0 Å². The summed E-state index contributed by atoms with van der Waals surface area (Å²) < 4.78 is 0. The Labute approximate surface area is 91.8 Å². The number of thiol groups is 1. The van der Waals surface area contributed by atoms with Crippen molar-refractivity contribution in [2.45, 2.75) is 45.1 Å². The van der Waals surface area contributed by atoms with Gasteiger partial charge in [-0.25, -0.2) is 0 Å². The van der Waals surface area contributed by atoms with Crippen LogP contribution in [0.4, 0.5) is 4.79 Å². The Bertz CT molecular complexity index is 215. The lowest BCUT2D eigenvalue weighted by Gasteiger charge is -2.27. The summed E-state index contributed by atoms with van der Waals surface area (Å²) in [5.41, 5.74) is 0. The number of nitrogens with zero attached hydrogens (tertiary/aromatic N) is 1. The van der Waals surface area contributed by atoms with E-state index in [0.717, 1.165) is 19.4 Å². The van der Waals surface area contributed by atoms with Crippen molar-refractivity contribution in [1.82, 2.24) is 4.90 Å². The Kier molecular flexibility index (Phi) is 5.09. The molecule has 1 rings (SSSR count). The summed E-state index contributed by atoms with van der Waals surface area (Å²) in [7, 11) is 0. The molecule has 0 N–H and O–H groups in total. The van der Waals surface area contributed by atoms with E-state index in [4.69, 9.17) is 0 Å². The van der Waals surface area contributed by atoms with Crippen LogP contribution in [0.1, 0.15) is 39.0 Å². The molecule has 0 fully saturated rings. The van der Waals surface area contributed by atoms with Gasteiger partial charge in [0, 0.05) is 6.54 Å². The number of rotatable bonds is 2. The van der Waals surface area contributed by atoms with Crippen molar-refractivity contribution >= 4 is 17.9 Å². The second-order valence-electron chi connectivity index (χ2n) is 3.70. The van der Waals surface area contributed by atoms with Gasteiger partial charge < -0.3 is 4.90 Å². The first-order chi connectivity index (χ1) is 6.75. The van der Waals surface area contributed by atoms with Gasteiger partial charge in [0.15, 0.2) is 0 Å². The number of carbonyl (C=O) groups is 1. The van der Waals surface area contributed by atoms with Crippen LogP contribution in [-0.4, -0.2) is 22.7 Å². The van der Waals surface area contributed by atoms with Crippen LogP contribution in [0.15, 0.2) is 12.2 Å². The highest BCUT2D eigenvalue weighted by molar-refractivity contribution is 7.96. The van der Waals surface area contributed by atoms with Gasteiger partial charge in [-0.3, -0.25) is 4.79 Å². The quantitative estimate of drug-likeness (QED) is 0.551. The van der Waals surface area contributed by atoms with Gasteiger partial charge in [-0.1, -0.05) is 37.6 Å². The summed E-state index contributed by atoms with van der Waals surface area (Å²) in [4.78, 5) is 13.1. The second kappa shape index (κ2) is 6.12. The molecule has 1 atom stereocenters. The van der Waals surface area contributed by atoms with Crippen molar-refractivity contribution in [3.63, 3.8) is 0 Å². The van der Waals surface area contributed by atoms with Gasteiger partial charge in [-0.15, -0.1) is 0 Å². The van der Waals surface area contributed by atoms with E-state index in [9.17, 15) is 4.79 Å². The maximum absolute atomic E-state index is 11.2. The molecule has 1 aliphatic carbocycles. The molecule has 3 heteroatoms. The zero-order chi connectivity index (χ0) is 10.4. The van der Waals surface area contributed by atoms with Crippen LogP contribution in [0.3, 0.4) is 0 Å². The monoisotopic (exact) mass is 213 g/mol. The second-order valence-corrected chi connectivity index (χ2v) is 4.08. The number of allylic oxidation sites excluding steroid dienone is 1. The average Bonchev–Trinajstić information content (AvgIpc) is 2.08. The Morgan fingerprint density at radius 2 is 2.29 bits per heavy atom. The molecule has 0 bridgehead atoms. The molecule has 1 aliphatic rings. The normalized spacial score (nSPS) is 24.9. The summed E-state index contributed by atoms with van der Waals surface area (Å²) in [6.07, 6.45) is 10.4. The van der Waals surface area contributed by atoms with E-state index in [-0.39, 0.29) is 11.3 Å². The lowest BCUT2D eigenvalue weighted by atomic mass is 10.0. The molecule has 2 nitrogen and oxygen atoms in total. The van der Waals surface area contributed by atoms with Gasteiger partial charge in [0.2, 0.25) is 0 Å². The lowest BCUT2D eigenvalue weighted by molar-refractivity contribution is 0.210. The summed E-state index contributed by atoms with van der Waals surface area (Å²) in [5, 5.41) is -0.109. The van der Waals surface area contributed by atoms with E-state index in [1.165, 1.54) is 19.3 Å². The number of amides is 1. The third-order valence-electron chi connectivity index (χ3n) is 2.72. The zero-order valence-corrected chi connectivity index (χ0v) is 9.67. The first-order valence-corrected chi connectivity index (χ1v) is 5.86. The van der Waals surface area contributed by atoms with Gasteiger partial charge in [0.1, 0.15) is 0 Å². The molecule has 1 amide bonds. The van der Waals surface area contributed by atoms with E-state index in [2.05, 4.69) is 24.8 Å². The first kappa shape index (κ1) is 11.6. The maximum Gasteiger partial charge on any atom is 0.279 e. The molecule has 0 saturated heterocycles. The van der Waals surface area contributed by atoms with Crippen LogP contribution >= 0.6 is 12.6 Å². The Hall–Kier alpha value is -0.440. The smallest absolute Gasteiger partial charge is 0.279 e. The Morgan fingerprint density at radius 1 is 1.50 bits per heavy atom. The van der Waals surface area contributed by atoms with Gasteiger partial charge in [0.05, 0.1) is 6.04 Å². The van der Waals surface area contributed by atoms with Crippen molar-refractivity contribution < 1.29 is 4.79 Å². The molecule has 80 valence electrons. The number of hydrogen-bond donors (Lipinski definition) is 1. The fourth-order valence-electron chi connectivity index (χ4n) is 1.91. The summed E-state index contributed by atoms with van der Waals surface area (Å²) in [6, 6.07) is 0.269. The maximum atomic E-state index is 11.2. The molecule has 0 aromatic heterocycles. The van der Waals surface area contributed by atoms with Crippen molar-refractivity contribution in [1.29, 1.82) is 0 Å². The van der Waals surface area contributed by atoms with Crippen LogP contribution in [0.5, 0.6) is 0 Å². The minimum absolute atomic E-state index is 0.109. The summed E-state index contributed by atoms with van der Waals surface area (Å²) in [6.45, 7) is 2.75. The number of likely N-dealkylation sites (N-methyl/N-ethyl adjacent to an activating group) is 1. The Morgan fingerprint density at radius 3 is 2.93 bits per heavy atom. The van der Waals surface area contributed by atoms with E-state index < -0.39 is 0 Å². The summed E-state index contributed by atoms with van der Waals surface area (Å²) >= 11 is 3.90. The average molecular weight is 213 g/mol. The molecule has 1 unspecified atom stereocenters. The van der Waals surface area contributed by atoms with Gasteiger partial charge in [-0.05, 0) is 26.2 Å². The van der Waals surface area contributed by atoms with Gasteiger partial charge >= 0.3 is 0 Å². The lowest BCUT2D eigenvalue weighted by Crippen LogP contribution is -2.36. The first-order valence-electron chi connectivity index (χ1n) is 5.42. The standard InChI is InChI=1S/C11H19NOS/c1-2-12(11(13)14)10-8-6-4-3-5-7-9-10/h6,8,10H,2-5,7,9H2,1H3,(H,13,14)/b8-6+. The van der Waals surface area contributed by atoms with Crippen LogP contribution in [0.25, 0.3) is 0 Å². The Balaban J connectivity index is 2.61. The van der Waals surface area contributed by atoms with E-state index >= 15 is 0 Å². The van der Waals surface area contributed by atoms with Gasteiger partial charge in [-0.2, -0.15) is 0 Å². The van der Waals surface area contributed by atoms with Gasteiger partial charge in [0.25, 0.3) is 5.24 Å². The highest BCUT2D eigenvalue weighted by Crippen LogP contribution is 2.17. The minimum atomic E-state index is -0.109. The van der Waals surface area contributed by atoms with E-state index in [1.54, 1.807) is 0 Å². The molecular weight excluding hydrogens is 194 g/mol. The van der Waals surface area contributed by atoms with Crippen molar-refractivity contribution in [3.05, 3.63) is 12.2 Å². The molecule has 0 radical (unpaired) electrons. The molecule has 14 heavy (non-hydrogen) atoms. The molecule has 0 heterocycles. The zero-order valence-electron chi connectivity index (χ0n) is 8.78. The van der Waals surface area contributed by atoms with Crippen LogP contribution in [0, 0.1) is 0 Å². The third kappa shape index (κ3) is 3.37. The topological polar surface area (TPSA) is 20.3 Å². The number of carbonyl (C=O) groups excluding carboxylic acids is 1. The molecular formula is C11H19NOS. The fraction of sp³-hybridized carbons (Fsp3) is 0.727. The van der Waals surface area contributed by atoms with Crippen LogP contribution in [-0.2, 0) is 0 Å². The minimum Gasteiger partial charge on any atom is -0.328 e. The predicted molar refractivity (Wildman–Crippen MR) is 62.8 cm³/mol. The van der Waals surface area contributed by atoms with Crippen molar-refractivity contribution in [2.24, 2.45) is 0 Å². The molecule has 0 saturated carbocycles. The van der Waals surface area contributed by atoms with Crippen LogP contribution in [0.2, 0.25) is 0 Å². The van der Waals surface area contributed by atoms with Crippen LogP contribution < -0.4 is 0 Å². The largest absolute Gasteiger partial charge is 0.328 e. The number of hydrogen-bond acceptors (Lipinski definition) is 1. The highest BCUT2D eigenvalue weighted by atomic mass is 32.1. The third-order valence-corrected chi connectivity index (χ3v) is 2.97.